The van der Waals surface area contributed by atoms with Crippen LogP contribution in [0.3, 0.4) is 0 Å². The number of rotatable bonds is 6. The largest absolute Gasteiger partial charge is 0.478 e. The third kappa shape index (κ3) is 3.60. The second-order valence-corrected chi connectivity index (χ2v) is 5.58. The molecule has 0 aliphatic carbocycles. The summed E-state index contributed by atoms with van der Waals surface area (Å²) in [5.41, 5.74) is 1.94. The fourth-order valence-corrected chi connectivity index (χ4v) is 2.55. The minimum absolute atomic E-state index is 0.151. The maximum Gasteiger partial charge on any atom is 0.339 e. The van der Waals surface area contributed by atoms with Gasteiger partial charge in [-0.3, -0.25) is 4.79 Å². The number of carboxylic acids is 1. The van der Waals surface area contributed by atoms with Crippen molar-refractivity contribution in [3.8, 4) is 5.69 Å². The Morgan fingerprint density at radius 3 is 2.44 bits per heavy atom. The Labute approximate surface area is 144 Å². The van der Waals surface area contributed by atoms with E-state index >= 15 is 0 Å². The van der Waals surface area contributed by atoms with E-state index in [2.05, 4.69) is 10.4 Å². The molecule has 0 unspecified atom stereocenters. The van der Waals surface area contributed by atoms with Gasteiger partial charge in [-0.25, -0.2) is 9.48 Å². The van der Waals surface area contributed by atoms with Crippen LogP contribution in [0.15, 0.2) is 55.0 Å². The zero-order chi connectivity index (χ0) is 17.8. The van der Waals surface area contributed by atoms with Gasteiger partial charge in [-0.1, -0.05) is 0 Å². The molecule has 0 saturated carbocycles. The molecule has 2 heterocycles. The molecule has 7 heteroatoms. The lowest BCUT2D eigenvalue weighted by atomic mass is 10.2. The number of nitrogens with one attached hydrogen (secondary N) is 1. The Bertz CT molecular complexity index is 880. The number of carboxylic acid groups (broad SMARTS) is 1. The van der Waals surface area contributed by atoms with Crippen LogP contribution in [0.5, 0.6) is 0 Å². The zero-order valence-electron chi connectivity index (χ0n) is 13.7. The van der Waals surface area contributed by atoms with Gasteiger partial charge >= 0.3 is 5.97 Å². The maximum absolute atomic E-state index is 12.2. The SMILES string of the molecule is Cc1c(C(=O)O)cnn1-c1ccc(C(=O)NCCn2cccc2)cc1. The summed E-state index contributed by atoms with van der Waals surface area (Å²) in [6.07, 6.45) is 5.21. The first-order chi connectivity index (χ1) is 12.1. The number of carbonyl (C=O) groups excluding carboxylic acids is 1. The van der Waals surface area contributed by atoms with Crippen molar-refractivity contribution < 1.29 is 14.7 Å². The number of hydrogen-bond donors (Lipinski definition) is 2. The molecule has 0 fully saturated rings. The van der Waals surface area contributed by atoms with E-state index in [1.54, 1.807) is 31.2 Å². The number of nitrogens with zero attached hydrogens (tertiary/aromatic N) is 3. The monoisotopic (exact) mass is 338 g/mol. The number of aromatic nitrogens is 3. The van der Waals surface area contributed by atoms with E-state index in [1.807, 2.05) is 29.1 Å². The third-order valence-electron chi connectivity index (χ3n) is 3.94. The van der Waals surface area contributed by atoms with Crippen LogP contribution in [0.1, 0.15) is 26.4 Å². The van der Waals surface area contributed by atoms with Gasteiger partial charge in [0.1, 0.15) is 5.56 Å². The van der Waals surface area contributed by atoms with Crippen molar-refractivity contribution in [1.82, 2.24) is 19.7 Å². The fraction of sp³-hybridized carbons (Fsp3) is 0.167. The Hall–Kier alpha value is -3.35. The lowest BCUT2D eigenvalue weighted by molar-refractivity contribution is 0.0695. The van der Waals surface area contributed by atoms with Gasteiger partial charge in [0.2, 0.25) is 0 Å². The van der Waals surface area contributed by atoms with Gasteiger partial charge in [-0.05, 0) is 43.3 Å². The van der Waals surface area contributed by atoms with Gasteiger partial charge in [-0.15, -0.1) is 0 Å². The zero-order valence-corrected chi connectivity index (χ0v) is 13.7. The lowest BCUT2D eigenvalue weighted by Gasteiger charge is -2.08. The average Bonchev–Trinajstić information content (AvgIpc) is 3.24. The van der Waals surface area contributed by atoms with Crippen molar-refractivity contribution in [2.75, 3.05) is 6.54 Å². The molecule has 128 valence electrons. The average molecular weight is 338 g/mol. The van der Waals surface area contributed by atoms with Crippen molar-refractivity contribution >= 4 is 11.9 Å². The fourth-order valence-electron chi connectivity index (χ4n) is 2.55. The highest BCUT2D eigenvalue weighted by Gasteiger charge is 2.14. The van der Waals surface area contributed by atoms with Crippen molar-refractivity contribution in [2.45, 2.75) is 13.5 Å². The maximum atomic E-state index is 12.2. The van der Waals surface area contributed by atoms with Crippen molar-refractivity contribution in [1.29, 1.82) is 0 Å². The third-order valence-corrected chi connectivity index (χ3v) is 3.94. The minimum Gasteiger partial charge on any atom is -0.478 e. The van der Waals surface area contributed by atoms with E-state index in [4.69, 9.17) is 5.11 Å². The smallest absolute Gasteiger partial charge is 0.339 e. The van der Waals surface area contributed by atoms with Crippen LogP contribution in [-0.4, -0.2) is 37.9 Å². The summed E-state index contributed by atoms with van der Waals surface area (Å²) in [6.45, 7) is 2.94. The summed E-state index contributed by atoms with van der Waals surface area (Å²) in [5.74, 6) is -1.16. The molecule has 7 nitrogen and oxygen atoms in total. The van der Waals surface area contributed by atoms with Gasteiger partial charge in [0.05, 0.1) is 17.6 Å². The normalized spacial score (nSPS) is 10.6. The quantitative estimate of drug-likeness (QED) is 0.720. The Kier molecular flexibility index (Phi) is 4.65. The molecule has 0 aliphatic heterocycles. The lowest BCUT2D eigenvalue weighted by Crippen LogP contribution is -2.26. The minimum atomic E-state index is -1.01. The number of benzene rings is 1. The van der Waals surface area contributed by atoms with Crippen molar-refractivity contribution in [3.05, 3.63) is 71.8 Å². The molecule has 0 aliphatic rings. The molecule has 0 saturated heterocycles. The van der Waals surface area contributed by atoms with Gasteiger partial charge in [0.15, 0.2) is 0 Å². The van der Waals surface area contributed by atoms with Gasteiger partial charge < -0.3 is 15.0 Å². The van der Waals surface area contributed by atoms with E-state index in [1.165, 1.54) is 10.9 Å². The van der Waals surface area contributed by atoms with E-state index in [-0.39, 0.29) is 11.5 Å². The summed E-state index contributed by atoms with van der Waals surface area (Å²) in [6, 6.07) is 10.8. The topological polar surface area (TPSA) is 89.2 Å². The molecule has 1 amide bonds. The highest BCUT2D eigenvalue weighted by molar-refractivity contribution is 5.94. The summed E-state index contributed by atoms with van der Waals surface area (Å²) in [7, 11) is 0. The van der Waals surface area contributed by atoms with Crippen molar-refractivity contribution in [2.24, 2.45) is 0 Å². The predicted molar refractivity (Wildman–Crippen MR) is 92.0 cm³/mol. The molecule has 25 heavy (non-hydrogen) atoms. The van der Waals surface area contributed by atoms with Gasteiger partial charge in [0, 0.05) is 31.0 Å². The van der Waals surface area contributed by atoms with Crippen LogP contribution in [-0.2, 0) is 6.54 Å². The molecular weight excluding hydrogens is 320 g/mol. The molecule has 2 N–H and O–H groups in total. The predicted octanol–water partition coefficient (Wildman–Crippen LogP) is 2.11. The number of amides is 1. The van der Waals surface area contributed by atoms with Crippen LogP contribution < -0.4 is 5.32 Å². The van der Waals surface area contributed by atoms with Crippen LogP contribution in [0, 0.1) is 6.92 Å². The Morgan fingerprint density at radius 2 is 1.84 bits per heavy atom. The highest BCUT2D eigenvalue weighted by atomic mass is 16.4. The molecule has 0 atom stereocenters. The van der Waals surface area contributed by atoms with E-state index in [0.29, 0.717) is 30.0 Å². The second kappa shape index (κ2) is 7.04. The molecule has 2 aromatic heterocycles. The van der Waals surface area contributed by atoms with Gasteiger partial charge in [-0.2, -0.15) is 5.10 Å². The highest BCUT2D eigenvalue weighted by Crippen LogP contribution is 2.15. The molecule has 1 aromatic carbocycles. The Morgan fingerprint density at radius 1 is 1.16 bits per heavy atom. The summed E-state index contributed by atoms with van der Waals surface area (Å²) in [5, 5.41) is 16.0. The first-order valence-corrected chi connectivity index (χ1v) is 7.83. The summed E-state index contributed by atoms with van der Waals surface area (Å²) < 4.78 is 3.53. The molecule has 0 bridgehead atoms. The Balaban J connectivity index is 1.65. The molecular formula is C18H18N4O3. The van der Waals surface area contributed by atoms with Crippen LogP contribution in [0.4, 0.5) is 0 Å². The standard InChI is InChI=1S/C18H18N4O3/c1-13-16(18(24)25)12-20-22(13)15-6-4-14(5-7-15)17(23)19-8-11-21-9-2-3-10-21/h2-7,9-10,12H,8,11H2,1H3,(H,19,23)(H,24,25). The van der Waals surface area contributed by atoms with Crippen LogP contribution in [0.2, 0.25) is 0 Å². The second-order valence-electron chi connectivity index (χ2n) is 5.58. The molecule has 0 spiro atoms. The molecule has 0 radical (unpaired) electrons. The molecule has 3 aromatic rings. The number of carbonyl (C=O) groups is 2. The van der Waals surface area contributed by atoms with E-state index in [0.717, 1.165) is 0 Å². The summed E-state index contributed by atoms with van der Waals surface area (Å²) in [4.78, 5) is 23.2. The first-order valence-electron chi connectivity index (χ1n) is 7.83. The van der Waals surface area contributed by atoms with E-state index in [9.17, 15) is 9.59 Å². The first kappa shape index (κ1) is 16.5. The number of aromatic carboxylic acids is 1. The van der Waals surface area contributed by atoms with Crippen LogP contribution in [0.25, 0.3) is 5.69 Å². The number of hydrogen-bond acceptors (Lipinski definition) is 3. The summed E-state index contributed by atoms with van der Waals surface area (Å²) >= 11 is 0. The molecule has 3 rings (SSSR count). The van der Waals surface area contributed by atoms with Crippen molar-refractivity contribution in [3.63, 3.8) is 0 Å². The van der Waals surface area contributed by atoms with Gasteiger partial charge in [0.25, 0.3) is 5.91 Å². The van der Waals surface area contributed by atoms with Crippen LogP contribution >= 0.6 is 0 Å². The van der Waals surface area contributed by atoms with E-state index < -0.39 is 5.97 Å².